The van der Waals surface area contributed by atoms with E-state index in [1.54, 1.807) is 18.2 Å². The van der Waals surface area contributed by atoms with Gasteiger partial charge in [-0.05, 0) is 43.2 Å². The topological polar surface area (TPSA) is 117 Å². The number of hydrogen-bond donors (Lipinski definition) is 3. The first-order chi connectivity index (χ1) is 15.9. The summed E-state index contributed by atoms with van der Waals surface area (Å²) >= 11 is 0. The number of piperidine rings is 1. The van der Waals surface area contributed by atoms with E-state index >= 15 is 0 Å². The monoisotopic (exact) mass is 448 g/mol. The van der Waals surface area contributed by atoms with E-state index in [4.69, 9.17) is 4.74 Å². The number of amides is 5. The van der Waals surface area contributed by atoms with E-state index in [-0.39, 0.29) is 36.9 Å². The van der Waals surface area contributed by atoms with Crippen LogP contribution < -0.4 is 20.7 Å². The maximum absolute atomic E-state index is 12.8. The lowest BCUT2D eigenvalue weighted by molar-refractivity contribution is -0.136. The highest BCUT2D eigenvalue weighted by Gasteiger charge is 2.39. The molecule has 0 spiro atoms. The molecule has 0 radical (unpaired) electrons. The lowest BCUT2D eigenvalue weighted by atomic mass is 9.99. The zero-order chi connectivity index (χ0) is 23.1. The van der Waals surface area contributed by atoms with Crippen LogP contribution in [0.2, 0.25) is 0 Å². The van der Waals surface area contributed by atoms with Gasteiger partial charge in [-0.3, -0.25) is 19.7 Å². The van der Waals surface area contributed by atoms with Crippen molar-refractivity contribution in [2.24, 2.45) is 0 Å². The zero-order valence-corrected chi connectivity index (χ0v) is 18.1. The molecule has 9 nitrogen and oxygen atoms in total. The average Bonchev–Trinajstić information content (AvgIpc) is 3.09. The minimum Gasteiger partial charge on any atom is -0.493 e. The summed E-state index contributed by atoms with van der Waals surface area (Å²) in [5.74, 6) is -0.233. The second-order valence-corrected chi connectivity index (χ2v) is 8.60. The Morgan fingerprint density at radius 1 is 1.12 bits per heavy atom. The molecule has 0 aromatic heterocycles. The second-order valence-electron chi connectivity index (χ2n) is 8.60. The lowest BCUT2D eigenvalue weighted by Gasteiger charge is -2.29. The number of rotatable bonds is 3. The highest BCUT2D eigenvalue weighted by atomic mass is 16.5. The third-order valence-electron chi connectivity index (χ3n) is 6.29. The van der Waals surface area contributed by atoms with Crippen molar-refractivity contribution in [3.63, 3.8) is 0 Å². The van der Waals surface area contributed by atoms with Crippen LogP contribution in [-0.4, -0.2) is 41.3 Å². The highest BCUT2D eigenvalue weighted by molar-refractivity contribution is 6.05. The predicted octanol–water partition coefficient (Wildman–Crippen LogP) is 2.40. The van der Waals surface area contributed by atoms with Crippen LogP contribution in [0.4, 0.5) is 10.5 Å². The first-order valence-electron chi connectivity index (χ1n) is 11.0. The molecule has 0 saturated carbocycles. The van der Waals surface area contributed by atoms with Gasteiger partial charge in [0.25, 0.3) is 5.91 Å². The van der Waals surface area contributed by atoms with E-state index in [0.29, 0.717) is 30.7 Å². The molecule has 0 bridgehead atoms. The Morgan fingerprint density at radius 2 is 1.97 bits per heavy atom. The van der Waals surface area contributed by atoms with Crippen molar-refractivity contribution in [2.45, 2.75) is 44.8 Å². The normalized spacial score (nSPS) is 21.6. The predicted molar refractivity (Wildman–Crippen MR) is 119 cm³/mol. The lowest BCUT2D eigenvalue weighted by Crippen LogP contribution is -2.52. The van der Waals surface area contributed by atoms with Gasteiger partial charge in [0.15, 0.2) is 0 Å². The van der Waals surface area contributed by atoms with Gasteiger partial charge in [-0.15, -0.1) is 0 Å². The molecular formula is C24H24N4O5. The Balaban J connectivity index is 1.27. The number of urea groups is 1. The average molecular weight is 448 g/mol. The van der Waals surface area contributed by atoms with Crippen LogP contribution in [0.5, 0.6) is 5.75 Å². The van der Waals surface area contributed by atoms with E-state index in [9.17, 15) is 19.2 Å². The number of aryl methyl sites for hydroxylation is 1. The van der Waals surface area contributed by atoms with Crippen LogP contribution in [0.15, 0.2) is 36.4 Å². The number of ether oxygens (including phenoxy) is 1. The molecule has 2 aromatic carbocycles. The van der Waals surface area contributed by atoms with Gasteiger partial charge in [0, 0.05) is 36.2 Å². The summed E-state index contributed by atoms with van der Waals surface area (Å²) in [7, 11) is 0. The minimum absolute atomic E-state index is 0.160. The Morgan fingerprint density at radius 3 is 2.79 bits per heavy atom. The number of benzene rings is 2. The Bertz CT molecular complexity index is 1180. The summed E-state index contributed by atoms with van der Waals surface area (Å²) in [6.07, 6.45) is 1.19. The summed E-state index contributed by atoms with van der Waals surface area (Å²) in [5.41, 5.74) is 3.83. The van der Waals surface area contributed by atoms with Gasteiger partial charge in [0.05, 0.1) is 12.6 Å². The molecule has 3 aliphatic rings. The maximum Gasteiger partial charge on any atom is 0.319 e. The molecule has 2 aromatic rings. The van der Waals surface area contributed by atoms with Crippen molar-refractivity contribution in [1.29, 1.82) is 0 Å². The van der Waals surface area contributed by atoms with Crippen LogP contribution in [-0.2, 0) is 16.1 Å². The number of nitrogens with one attached hydrogen (secondary N) is 3. The minimum atomic E-state index is -0.667. The molecule has 170 valence electrons. The third kappa shape index (κ3) is 4.02. The van der Waals surface area contributed by atoms with E-state index in [1.165, 1.54) is 4.90 Å². The SMILES string of the molecule is Cc1ccc2c(c1)[C@@H](NC(=O)Nc1ccc3c(c1)CN(C1CCC(=O)NC1=O)C3=O)CCO2. The molecule has 1 unspecified atom stereocenters. The van der Waals surface area contributed by atoms with E-state index in [0.717, 1.165) is 22.4 Å². The van der Waals surface area contributed by atoms with Gasteiger partial charge in [-0.1, -0.05) is 17.7 Å². The van der Waals surface area contributed by atoms with Gasteiger partial charge >= 0.3 is 6.03 Å². The van der Waals surface area contributed by atoms with E-state index in [1.807, 2.05) is 25.1 Å². The fourth-order valence-electron chi connectivity index (χ4n) is 4.64. The number of imide groups is 1. The first-order valence-corrected chi connectivity index (χ1v) is 11.0. The fourth-order valence-corrected chi connectivity index (χ4v) is 4.64. The molecule has 0 aliphatic carbocycles. The summed E-state index contributed by atoms with van der Waals surface area (Å²) in [6.45, 7) is 2.78. The van der Waals surface area contributed by atoms with E-state index < -0.39 is 11.9 Å². The second kappa shape index (κ2) is 8.23. The summed E-state index contributed by atoms with van der Waals surface area (Å²) in [4.78, 5) is 50.6. The number of anilines is 1. The standard InChI is InChI=1S/C24H24N4O5/c1-13-2-6-20-17(10-13)18(8-9-33-20)26-24(32)25-15-3-4-16-14(11-15)12-28(23(16)31)19-5-7-21(29)27-22(19)30/h2-4,6,10-11,18-19H,5,7-9,12H2,1H3,(H2,25,26,32)(H,27,29,30)/t18-,19?/m0/s1. The van der Waals surface area contributed by atoms with Crippen molar-refractivity contribution in [3.8, 4) is 5.75 Å². The van der Waals surface area contributed by atoms with Crippen LogP contribution in [0.25, 0.3) is 0 Å². The summed E-state index contributed by atoms with van der Waals surface area (Å²) < 4.78 is 5.69. The molecule has 9 heteroatoms. The number of nitrogens with zero attached hydrogens (tertiary/aromatic N) is 1. The number of carbonyl (C=O) groups excluding carboxylic acids is 4. The molecule has 33 heavy (non-hydrogen) atoms. The van der Waals surface area contributed by atoms with Crippen LogP contribution in [0.3, 0.4) is 0 Å². The van der Waals surface area contributed by atoms with Crippen molar-refractivity contribution in [2.75, 3.05) is 11.9 Å². The maximum atomic E-state index is 12.8. The molecule has 5 rings (SSSR count). The first kappa shape index (κ1) is 21.0. The smallest absolute Gasteiger partial charge is 0.319 e. The van der Waals surface area contributed by atoms with Crippen molar-refractivity contribution in [1.82, 2.24) is 15.5 Å². The number of fused-ring (bicyclic) bond motifs is 2. The summed E-state index contributed by atoms with van der Waals surface area (Å²) in [6, 6.07) is 9.82. The van der Waals surface area contributed by atoms with Crippen molar-refractivity contribution >= 4 is 29.4 Å². The molecule has 1 fully saturated rings. The third-order valence-corrected chi connectivity index (χ3v) is 6.29. The Hall–Kier alpha value is -3.88. The largest absolute Gasteiger partial charge is 0.493 e. The summed E-state index contributed by atoms with van der Waals surface area (Å²) in [5, 5.41) is 8.14. The number of carbonyl (C=O) groups is 4. The quantitative estimate of drug-likeness (QED) is 0.624. The molecule has 3 N–H and O–H groups in total. The van der Waals surface area contributed by atoms with E-state index in [2.05, 4.69) is 16.0 Å². The Kier molecular flexibility index (Phi) is 5.24. The molecule has 2 atom stereocenters. The van der Waals surface area contributed by atoms with Gasteiger partial charge < -0.3 is 20.3 Å². The van der Waals surface area contributed by atoms with Crippen molar-refractivity contribution < 1.29 is 23.9 Å². The molecule has 5 amide bonds. The van der Waals surface area contributed by atoms with Gasteiger partial charge in [0.1, 0.15) is 11.8 Å². The van der Waals surface area contributed by atoms with Gasteiger partial charge in [0.2, 0.25) is 11.8 Å². The highest BCUT2D eigenvalue weighted by Crippen LogP contribution is 2.33. The molecule has 3 aliphatic heterocycles. The number of hydrogen-bond acceptors (Lipinski definition) is 5. The van der Waals surface area contributed by atoms with Crippen LogP contribution >= 0.6 is 0 Å². The van der Waals surface area contributed by atoms with Crippen molar-refractivity contribution in [3.05, 3.63) is 58.7 Å². The molecule has 3 heterocycles. The van der Waals surface area contributed by atoms with Gasteiger partial charge in [-0.2, -0.15) is 0 Å². The van der Waals surface area contributed by atoms with Crippen LogP contribution in [0, 0.1) is 6.92 Å². The zero-order valence-electron chi connectivity index (χ0n) is 18.1. The Labute approximate surface area is 190 Å². The molecule has 1 saturated heterocycles. The fraction of sp³-hybridized carbons (Fsp3) is 0.333. The van der Waals surface area contributed by atoms with Gasteiger partial charge in [-0.25, -0.2) is 4.79 Å². The molecular weight excluding hydrogens is 424 g/mol. The van der Waals surface area contributed by atoms with Crippen LogP contribution in [0.1, 0.15) is 52.4 Å².